The first-order chi connectivity index (χ1) is 16.7. The molecule has 1 amide bonds. The molecule has 0 aromatic rings. The van der Waals surface area contributed by atoms with Gasteiger partial charge in [0.1, 0.15) is 0 Å². The third-order valence-electron chi connectivity index (χ3n) is 6.13. The van der Waals surface area contributed by atoms with Crippen LogP contribution in [0.5, 0.6) is 0 Å². The van der Waals surface area contributed by atoms with Gasteiger partial charge in [-0.3, -0.25) is 4.79 Å². The largest absolute Gasteiger partial charge is 0.394 e. The summed E-state index contributed by atoms with van der Waals surface area (Å²) >= 11 is 0. The van der Waals surface area contributed by atoms with E-state index in [1.165, 1.54) is 77.0 Å². The first-order valence-electron chi connectivity index (χ1n) is 14.2. The summed E-state index contributed by atoms with van der Waals surface area (Å²) in [6, 6.07) is -0.647. The molecule has 4 heteroatoms. The number of nitrogens with one attached hydrogen (secondary N) is 1. The van der Waals surface area contributed by atoms with E-state index in [4.69, 9.17) is 0 Å². The Labute approximate surface area is 211 Å². The summed E-state index contributed by atoms with van der Waals surface area (Å²) in [5.41, 5.74) is 0. The number of aliphatic hydroxyl groups excluding tert-OH is 2. The second-order valence-electron chi connectivity index (χ2n) is 9.46. The van der Waals surface area contributed by atoms with Gasteiger partial charge in [0.15, 0.2) is 0 Å². The van der Waals surface area contributed by atoms with E-state index in [0.717, 1.165) is 25.7 Å². The summed E-state index contributed by atoms with van der Waals surface area (Å²) in [6.45, 7) is 4.21. The van der Waals surface area contributed by atoms with Gasteiger partial charge in [-0.1, -0.05) is 121 Å². The van der Waals surface area contributed by atoms with Crippen molar-refractivity contribution in [1.82, 2.24) is 5.32 Å². The molecular weight excluding hydrogens is 422 g/mol. The van der Waals surface area contributed by atoms with Crippen LogP contribution in [-0.2, 0) is 4.79 Å². The zero-order valence-corrected chi connectivity index (χ0v) is 22.4. The van der Waals surface area contributed by atoms with E-state index in [9.17, 15) is 15.0 Å². The van der Waals surface area contributed by atoms with Crippen molar-refractivity contribution in [2.24, 2.45) is 0 Å². The molecule has 4 nitrogen and oxygen atoms in total. The second kappa shape index (κ2) is 26.2. The maximum atomic E-state index is 12.1. The number of carbonyl (C=O) groups excluding carboxylic acids is 1. The Balaban J connectivity index is 3.83. The summed E-state index contributed by atoms with van der Waals surface area (Å²) < 4.78 is 0. The summed E-state index contributed by atoms with van der Waals surface area (Å²) in [6.07, 6.45) is 32.2. The predicted octanol–water partition coefficient (Wildman–Crippen LogP) is 7.55. The maximum Gasteiger partial charge on any atom is 0.220 e. The van der Waals surface area contributed by atoms with Crippen molar-refractivity contribution in [3.63, 3.8) is 0 Å². The Morgan fingerprint density at radius 2 is 1.21 bits per heavy atom. The summed E-state index contributed by atoms with van der Waals surface area (Å²) in [4.78, 5) is 12.1. The van der Waals surface area contributed by atoms with Crippen LogP contribution in [0, 0.1) is 0 Å². The lowest BCUT2D eigenvalue weighted by Crippen LogP contribution is -2.45. The van der Waals surface area contributed by atoms with Gasteiger partial charge in [-0.2, -0.15) is 0 Å². The van der Waals surface area contributed by atoms with Gasteiger partial charge in [-0.25, -0.2) is 0 Å². The molecule has 2 atom stereocenters. The van der Waals surface area contributed by atoms with E-state index in [1.54, 1.807) is 6.08 Å². The molecule has 0 aliphatic heterocycles. The number of hydrogen-bond donors (Lipinski definition) is 3. The Morgan fingerprint density at radius 1 is 0.706 bits per heavy atom. The smallest absolute Gasteiger partial charge is 0.220 e. The minimum absolute atomic E-state index is 0.137. The molecular formula is C30H55NO3. The highest BCUT2D eigenvalue weighted by Gasteiger charge is 2.17. The standard InChI is InChI=1S/C30H55NO3/c1-3-5-7-9-11-13-14-15-16-18-20-22-24-26-30(34)31-28(27-32)29(33)25-23-21-19-17-12-10-8-6-4-2/h15-16,20,22-23,25,28-29,32-33H,3-14,17-19,21,24,26-27H2,1-2H3,(H,31,34)/b16-15-,22-20-,25-23+. The summed E-state index contributed by atoms with van der Waals surface area (Å²) in [5.74, 6) is -0.137. The first kappa shape index (κ1) is 32.6. The van der Waals surface area contributed by atoms with Crippen LogP contribution in [0.2, 0.25) is 0 Å². The molecule has 0 aliphatic rings. The molecule has 34 heavy (non-hydrogen) atoms. The number of allylic oxidation sites excluding steroid dienone is 5. The fourth-order valence-electron chi connectivity index (χ4n) is 3.87. The highest BCUT2D eigenvalue weighted by atomic mass is 16.3. The van der Waals surface area contributed by atoms with Gasteiger partial charge >= 0.3 is 0 Å². The number of amides is 1. The van der Waals surface area contributed by atoms with Gasteiger partial charge in [0, 0.05) is 6.42 Å². The number of carbonyl (C=O) groups is 1. The van der Waals surface area contributed by atoms with Gasteiger partial charge < -0.3 is 15.5 Å². The second-order valence-corrected chi connectivity index (χ2v) is 9.46. The number of unbranched alkanes of at least 4 members (excludes halogenated alkanes) is 13. The molecule has 0 aromatic heterocycles. The van der Waals surface area contributed by atoms with Crippen LogP contribution in [0.1, 0.15) is 129 Å². The first-order valence-corrected chi connectivity index (χ1v) is 14.2. The van der Waals surface area contributed by atoms with Crippen molar-refractivity contribution >= 4 is 5.91 Å². The zero-order chi connectivity index (χ0) is 25.1. The van der Waals surface area contributed by atoms with E-state index in [-0.39, 0.29) is 12.5 Å². The van der Waals surface area contributed by atoms with Crippen molar-refractivity contribution < 1.29 is 15.0 Å². The van der Waals surface area contributed by atoms with Crippen LogP contribution >= 0.6 is 0 Å². The van der Waals surface area contributed by atoms with Crippen molar-refractivity contribution in [3.05, 3.63) is 36.5 Å². The van der Waals surface area contributed by atoms with E-state index in [0.29, 0.717) is 12.8 Å². The van der Waals surface area contributed by atoms with Crippen LogP contribution in [0.15, 0.2) is 36.5 Å². The van der Waals surface area contributed by atoms with E-state index < -0.39 is 12.1 Å². The molecule has 0 spiro atoms. The highest BCUT2D eigenvalue weighted by Crippen LogP contribution is 2.09. The Hall–Kier alpha value is -1.39. The van der Waals surface area contributed by atoms with Gasteiger partial charge in [-0.15, -0.1) is 0 Å². The van der Waals surface area contributed by atoms with E-state index >= 15 is 0 Å². The number of aliphatic hydroxyl groups is 2. The molecule has 0 bridgehead atoms. The monoisotopic (exact) mass is 477 g/mol. The summed E-state index contributed by atoms with van der Waals surface area (Å²) in [7, 11) is 0. The lowest BCUT2D eigenvalue weighted by molar-refractivity contribution is -0.122. The molecule has 3 N–H and O–H groups in total. The molecule has 0 fully saturated rings. The third kappa shape index (κ3) is 22.4. The minimum Gasteiger partial charge on any atom is -0.394 e. The van der Waals surface area contributed by atoms with Gasteiger partial charge in [-0.05, 0) is 38.5 Å². The van der Waals surface area contributed by atoms with Crippen molar-refractivity contribution in [1.29, 1.82) is 0 Å². The maximum absolute atomic E-state index is 12.1. The van der Waals surface area contributed by atoms with E-state index in [2.05, 4.69) is 37.4 Å². The van der Waals surface area contributed by atoms with Crippen LogP contribution < -0.4 is 5.32 Å². The fourth-order valence-corrected chi connectivity index (χ4v) is 3.87. The molecule has 0 heterocycles. The SMILES string of the molecule is CCCCCCCC/C=C\C/C=C\CCC(=O)NC(CO)C(O)/C=C/CCCCCCCCC. The Morgan fingerprint density at radius 3 is 1.76 bits per heavy atom. The zero-order valence-electron chi connectivity index (χ0n) is 22.4. The molecule has 198 valence electrons. The molecule has 0 aromatic carbocycles. The van der Waals surface area contributed by atoms with Crippen LogP contribution in [0.25, 0.3) is 0 Å². The normalized spacial score (nSPS) is 13.9. The lowest BCUT2D eigenvalue weighted by Gasteiger charge is -2.19. The van der Waals surface area contributed by atoms with Crippen molar-refractivity contribution in [2.45, 2.75) is 142 Å². The van der Waals surface area contributed by atoms with Crippen molar-refractivity contribution in [2.75, 3.05) is 6.61 Å². The quantitative estimate of drug-likeness (QED) is 0.0992. The molecule has 0 saturated carbocycles. The molecule has 0 saturated heterocycles. The van der Waals surface area contributed by atoms with Crippen LogP contribution in [-0.4, -0.2) is 34.9 Å². The summed E-state index contributed by atoms with van der Waals surface area (Å²) in [5, 5.41) is 22.6. The van der Waals surface area contributed by atoms with Gasteiger partial charge in [0.25, 0.3) is 0 Å². The average Bonchev–Trinajstić information content (AvgIpc) is 2.84. The number of hydrogen-bond acceptors (Lipinski definition) is 3. The fraction of sp³-hybridized carbons (Fsp3) is 0.767. The van der Waals surface area contributed by atoms with Crippen LogP contribution in [0.3, 0.4) is 0 Å². The van der Waals surface area contributed by atoms with Gasteiger partial charge in [0.2, 0.25) is 5.91 Å². The lowest BCUT2D eigenvalue weighted by atomic mass is 10.1. The van der Waals surface area contributed by atoms with E-state index in [1.807, 2.05) is 12.2 Å². The predicted molar refractivity (Wildman–Crippen MR) is 147 cm³/mol. The minimum atomic E-state index is -0.856. The molecule has 2 unspecified atom stereocenters. The Bertz CT molecular complexity index is 527. The molecule has 0 aliphatic carbocycles. The topological polar surface area (TPSA) is 69.6 Å². The third-order valence-corrected chi connectivity index (χ3v) is 6.13. The van der Waals surface area contributed by atoms with Crippen LogP contribution in [0.4, 0.5) is 0 Å². The van der Waals surface area contributed by atoms with Crippen molar-refractivity contribution in [3.8, 4) is 0 Å². The molecule has 0 rings (SSSR count). The Kier molecular flexibility index (Phi) is 25.1. The van der Waals surface area contributed by atoms with Gasteiger partial charge in [0.05, 0.1) is 18.8 Å². The average molecular weight is 478 g/mol. The highest BCUT2D eigenvalue weighted by molar-refractivity contribution is 5.76. The number of rotatable bonds is 24. The molecule has 0 radical (unpaired) electrons.